The highest BCUT2D eigenvalue weighted by atomic mass is 16.3. The van der Waals surface area contributed by atoms with Gasteiger partial charge < -0.3 is 31.7 Å². The van der Waals surface area contributed by atoms with Gasteiger partial charge in [-0.3, -0.25) is 9.59 Å². The molecule has 0 spiro atoms. The highest BCUT2D eigenvalue weighted by molar-refractivity contribution is 6.01. The van der Waals surface area contributed by atoms with E-state index in [1.165, 1.54) is 0 Å². The summed E-state index contributed by atoms with van der Waals surface area (Å²) in [5, 5.41) is 17.2. The van der Waals surface area contributed by atoms with Gasteiger partial charge in [-0.1, -0.05) is 80.6 Å². The molecule has 6 N–H and O–H groups in total. The minimum Gasteiger partial charge on any atom is -0.395 e. The number of rotatable bonds is 10. The Balaban J connectivity index is 1.53. The number of anilines is 1. The molecule has 1 heterocycles. The number of carbonyl (C=O) groups excluding carboxylic acids is 3. The number of nitrogens with one attached hydrogen (secondary N) is 3. The summed E-state index contributed by atoms with van der Waals surface area (Å²) in [6.07, 6.45) is 1.17. The Morgan fingerprint density at radius 1 is 1.00 bits per heavy atom. The fraction of sp³-hybridized carbons (Fsp3) is 0.344. The average Bonchev–Trinajstić information content (AvgIpc) is 3.11. The molecule has 0 fully saturated rings. The number of urea groups is 1. The number of benzene rings is 3. The van der Waals surface area contributed by atoms with E-state index in [0.717, 1.165) is 33.5 Å². The Labute approximate surface area is 241 Å². The standard InChI is InChI=1S/C32H39N5O4/c1-21(2)29(33)30(39)36-27-16-15-24-7-4-6-10-28(24)37(31(27)40)20-22-11-13-23(14-12-22)26-9-5-3-8-25(26)19-35-32(41)34-17-18-38/h3-14,21,27,29,38H,15-20,33H2,1-2H3,(H,36,39)(H2,34,35,41)/t27-,29?/m1/s1. The van der Waals surface area contributed by atoms with Crippen LogP contribution in [-0.2, 0) is 29.1 Å². The summed E-state index contributed by atoms with van der Waals surface area (Å²) < 4.78 is 0. The molecule has 216 valence electrons. The van der Waals surface area contributed by atoms with Crippen LogP contribution >= 0.6 is 0 Å². The van der Waals surface area contributed by atoms with Crippen LogP contribution in [0.1, 0.15) is 37.0 Å². The second-order valence-electron chi connectivity index (χ2n) is 10.6. The van der Waals surface area contributed by atoms with Gasteiger partial charge in [0.05, 0.1) is 19.2 Å². The van der Waals surface area contributed by atoms with Crippen molar-refractivity contribution < 1.29 is 19.5 Å². The summed E-state index contributed by atoms with van der Waals surface area (Å²) in [6.45, 7) is 4.53. The van der Waals surface area contributed by atoms with Crippen molar-refractivity contribution in [3.05, 3.63) is 89.5 Å². The first kappa shape index (κ1) is 29.8. The van der Waals surface area contributed by atoms with Crippen molar-refractivity contribution >= 4 is 23.5 Å². The highest BCUT2D eigenvalue weighted by Gasteiger charge is 2.32. The van der Waals surface area contributed by atoms with Gasteiger partial charge in [-0.05, 0) is 52.6 Å². The first-order valence-corrected chi connectivity index (χ1v) is 14.0. The maximum absolute atomic E-state index is 13.8. The maximum atomic E-state index is 13.8. The molecule has 0 bridgehead atoms. The number of amides is 4. The molecule has 9 nitrogen and oxygen atoms in total. The van der Waals surface area contributed by atoms with Crippen LogP contribution in [0.15, 0.2) is 72.8 Å². The Bertz CT molecular complexity index is 1360. The first-order chi connectivity index (χ1) is 19.8. The Kier molecular flexibility index (Phi) is 10.1. The van der Waals surface area contributed by atoms with Crippen molar-refractivity contribution in [2.24, 2.45) is 11.7 Å². The Morgan fingerprint density at radius 2 is 1.71 bits per heavy atom. The van der Waals surface area contributed by atoms with E-state index in [9.17, 15) is 14.4 Å². The lowest BCUT2D eigenvalue weighted by Gasteiger charge is -2.27. The van der Waals surface area contributed by atoms with E-state index in [0.29, 0.717) is 25.9 Å². The number of hydrogen-bond donors (Lipinski definition) is 5. The average molecular weight is 558 g/mol. The van der Waals surface area contributed by atoms with Gasteiger partial charge in [-0.25, -0.2) is 4.79 Å². The summed E-state index contributed by atoms with van der Waals surface area (Å²) in [6, 6.07) is 22.0. The summed E-state index contributed by atoms with van der Waals surface area (Å²) in [5.74, 6) is -0.501. The van der Waals surface area contributed by atoms with Crippen molar-refractivity contribution in [1.29, 1.82) is 0 Å². The molecule has 9 heteroatoms. The van der Waals surface area contributed by atoms with Crippen LogP contribution in [0.4, 0.5) is 10.5 Å². The largest absolute Gasteiger partial charge is 0.395 e. The topological polar surface area (TPSA) is 137 Å². The molecule has 0 saturated carbocycles. The fourth-order valence-electron chi connectivity index (χ4n) is 4.92. The molecule has 41 heavy (non-hydrogen) atoms. The van der Waals surface area contributed by atoms with Gasteiger partial charge in [0.25, 0.3) is 0 Å². The number of aliphatic hydroxyl groups is 1. The molecule has 3 aromatic carbocycles. The van der Waals surface area contributed by atoms with Gasteiger partial charge in [0, 0.05) is 18.8 Å². The SMILES string of the molecule is CC(C)C(N)C(=O)N[C@@H]1CCc2ccccc2N(Cc2ccc(-c3ccccc3CNC(=O)NCCO)cc2)C1=O. The molecular weight excluding hydrogens is 518 g/mol. The molecule has 3 aromatic rings. The van der Waals surface area contributed by atoms with Gasteiger partial charge in [-0.2, -0.15) is 0 Å². The fourth-order valence-corrected chi connectivity index (χ4v) is 4.92. The lowest BCUT2D eigenvalue weighted by molar-refractivity contribution is -0.129. The zero-order chi connectivity index (χ0) is 29.4. The molecular formula is C32H39N5O4. The highest BCUT2D eigenvalue weighted by Crippen LogP contribution is 2.30. The third kappa shape index (κ3) is 7.50. The molecule has 4 amide bonds. The van der Waals surface area contributed by atoms with Crippen molar-refractivity contribution in [3.63, 3.8) is 0 Å². The van der Waals surface area contributed by atoms with E-state index in [1.54, 1.807) is 4.90 Å². The van der Waals surface area contributed by atoms with E-state index in [2.05, 4.69) is 16.0 Å². The third-order valence-electron chi connectivity index (χ3n) is 7.35. The van der Waals surface area contributed by atoms with Crippen molar-refractivity contribution in [1.82, 2.24) is 16.0 Å². The van der Waals surface area contributed by atoms with E-state index in [-0.39, 0.29) is 36.9 Å². The molecule has 2 atom stereocenters. The number of nitrogens with zero attached hydrogens (tertiary/aromatic N) is 1. The van der Waals surface area contributed by atoms with Crippen LogP contribution in [0.2, 0.25) is 0 Å². The first-order valence-electron chi connectivity index (χ1n) is 14.0. The second kappa shape index (κ2) is 13.9. The molecule has 0 aromatic heterocycles. The number of nitrogens with two attached hydrogens (primary N) is 1. The number of carbonyl (C=O) groups is 3. The van der Waals surface area contributed by atoms with Gasteiger partial charge in [0.2, 0.25) is 11.8 Å². The summed E-state index contributed by atoms with van der Waals surface area (Å²) in [4.78, 5) is 40.2. The minimum absolute atomic E-state index is 0.0352. The Morgan fingerprint density at radius 3 is 2.44 bits per heavy atom. The minimum atomic E-state index is -0.678. The van der Waals surface area contributed by atoms with E-state index < -0.39 is 12.1 Å². The molecule has 1 aliphatic heterocycles. The van der Waals surface area contributed by atoms with E-state index >= 15 is 0 Å². The lowest BCUT2D eigenvalue weighted by Crippen LogP contribution is -2.53. The van der Waals surface area contributed by atoms with Crippen LogP contribution in [0.5, 0.6) is 0 Å². The monoisotopic (exact) mass is 557 g/mol. The second-order valence-corrected chi connectivity index (χ2v) is 10.6. The van der Waals surface area contributed by atoms with Gasteiger partial charge in [-0.15, -0.1) is 0 Å². The number of para-hydroxylation sites is 1. The third-order valence-corrected chi connectivity index (χ3v) is 7.35. The summed E-state index contributed by atoms with van der Waals surface area (Å²) in [5.41, 5.74) is 11.8. The van der Waals surface area contributed by atoms with Crippen LogP contribution in [-0.4, -0.2) is 48.2 Å². The molecule has 0 saturated heterocycles. The summed E-state index contributed by atoms with van der Waals surface area (Å²) >= 11 is 0. The Hall–Kier alpha value is -4.21. The van der Waals surface area contributed by atoms with E-state index in [1.807, 2.05) is 86.6 Å². The normalized spacial score (nSPS) is 15.6. The van der Waals surface area contributed by atoms with Crippen molar-refractivity contribution in [2.75, 3.05) is 18.1 Å². The molecule has 1 unspecified atom stereocenters. The van der Waals surface area contributed by atoms with Gasteiger partial charge in [0.1, 0.15) is 6.04 Å². The van der Waals surface area contributed by atoms with E-state index in [4.69, 9.17) is 10.8 Å². The van der Waals surface area contributed by atoms with Crippen LogP contribution in [0.3, 0.4) is 0 Å². The maximum Gasteiger partial charge on any atom is 0.315 e. The quantitative estimate of drug-likeness (QED) is 0.261. The predicted octanol–water partition coefficient (Wildman–Crippen LogP) is 3.09. The number of fused-ring (bicyclic) bond motifs is 1. The van der Waals surface area contributed by atoms with Crippen LogP contribution in [0, 0.1) is 5.92 Å². The number of aliphatic hydroxyl groups excluding tert-OH is 1. The van der Waals surface area contributed by atoms with Gasteiger partial charge >= 0.3 is 6.03 Å². The van der Waals surface area contributed by atoms with Crippen LogP contribution < -0.4 is 26.6 Å². The lowest BCUT2D eigenvalue weighted by atomic mass is 9.98. The van der Waals surface area contributed by atoms with Crippen LogP contribution in [0.25, 0.3) is 11.1 Å². The van der Waals surface area contributed by atoms with Crippen molar-refractivity contribution in [3.8, 4) is 11.1 Å². The smallest absolute Gasteiger partial charge is 0.315 e. The molecule has 0 aliphatic carbocycles. The van der Waals surface area contributed by atoms with Gasteiger partial charge in [0.15, 0.2) is 0 Å². The summed E-state index contributed by atoms with van der Waals surface area (Å²) in [7, 11) is 0. The van der Waals surface area contributed by atoms with Crippen molar-refractivity contribution in [2.45, 2.75) is 51.9 Å². The zero-order valence-corrected chi connectivity index (χ0v) is 23.6. The zero-order valence-electron chi connectivity index (χ0n) is 23.6. The molecule has 0 radical (unpaired) electrons. The number of hydrogen-bond acceptors (Lipinski definition) is 5. The molecule has 4 rings (SSSR count). The number of aryl methyl sites for hydroxylation is 1. The molecule has 1 aliphatic rings. The predicted molar refractivity (Wildman–Crippen MR) is 160 cm³/mol.